The van der Waals surface area contributed by atoms with Gasteiger partial charge in [0.25, 0.3) is 0 Å². The fourth-order valence-electron chi connectivity index (χ4n) is 6.16. The van der Waals surface area contributed by atoms with Crippen LogP contribution < -0.4 is 5.32 Å². The number of aromatic nitrogens is 3. The summed E-state index contributed by atoms with van der Waals surface area (Å²) >= 11 is 1.55. The Morgan fingerprint density at radius 1 is 1.07 bits per heavy atom. The summed E-state index contributed by atoms with van der Waals surface area (Å²) in [6.45, 7) is 0. The van der Waals surface area contributed by atoms with Crippen molar-refractivity contribution in [3.8, 4) is 11.3 Å². The molecular weight excluding hydrogens is 356 g/mol. The summed E-state index contributed by atoms with van der Waals surface area (Å²) in [4.78, 5) is 18.6. The van der Waals surface area contributed by atoms with Crippen LogP contribution in [0.1, 0.15) is 38.5 Å². The number of fused-ring (bicyclic) bond motifs is 1. The zero-order valence-corrected chi connectivity index (χ0v) is 15.9. The summed E-state index contributed by atoms with van der Waals surface area (Å²) < 4.78 is 1.84. The average molecular weight is 379 g/mol. The van der Waals surface area contributed by atoms with Gasteiger partial charge in [-0.05, 0) is 56.3 Å². The maximum atomic E-state index is 13.2. The van der Waals surface area contributed by atoms with Gasteiger partial charge in [-0.3, -0.25) is 10.1 Å². The lowest BCUT2D eigenvalue weighted by atomic mass is 9.49. The van der Waals surface area contributed by atoms with Crippen LogP contribution in [0.5, 0.6) is 0 Å². The Kier molecular flexibility index (Phi) is 3.30. The first kappa shape index (κ1) is 15.8. The van der Waals surface area contributed by atoms with Gasteiger partial charge in [0.1, 0.15) is 0 Å². The van der Waals surface area contributed by atoms with E-state index in [1.54, 1.807) is 11.3 Å². The fraction of sp³-hybridized carbons (Fsp3) is 0.476. The summed E-state index contributed by atoms with van der Waals surface area (Å²) in [6, 6.07) is 10.2. The molecule has 0 saturated heterocycles. The van der Waals surface area contributed by atoms with Gasteiger partial charge < -0.3 is 0 Å². The molecule has 0 atom stereocenters. The molecule has 4 bridgehead atoms. The Labute approximate surface area is 161 Å². The number of thiazole rings is 1. The first-order valence-corrected chi connectivity index (χ1v) is 10.8. The predicted molar refractivity (Wildman–Crippen MR) is 106 cm³/mol. The van der Waals surface area contributed by atoms with Gasteiger partial charge in [0.2, 0.25) is 16.8 Å². The number of benzene rings is 1. The average Bonchev–Trinajstić information content (AvgIpc) is 3.21. The quantitative estimate of drug-likeness (QED) is 0.724. The highest BCUT2D eigenvalue weighted by atomic mass is 32.1. The van der Waals surface area contributed by atoms with Gasteiger partial charge in [-0.25, -0.2) is 4.52 Å². The molecule has 2 aromatic heterocycles. The molecule has 0 aliphatic heterocycles. The number of hydrogen-bond donors (Lipinski definition) is 1. The molecule has 5 nitrogen and oxygen atoms in total. The van der Waals surface area contributed by atoms with Crippen LogP contribution in [-0.2, 0) is 4.79 Å². The highest BCUT2D eigenvalue weighted by molar-refractivity contribution is 7.15. The normalized spacial score (nSPS) is 31.5. The Morgan fingerprint density at radius 3 is 2.41 bits per heavy atom. The van der Waals surface area contributed by atoms with Crippen LogP contribution in [0.4, 0.5) is 5.95 Å². The molecule has 7 rings (SSSR count). The van der Waals surface area contributed by atoms with Crippen molar-refractivity contribution in [3.05, 3.63) is 35.7 Å². The van der Waals surface area contributed by atoms with E-state index in [2.05, 4.69) is 32.9 Å². The second-order valence-corrected chi connectivity index (χ2v) is 9.61. The van der Waals surface area contributed by atoms with Gasteiger partial charge >= 0.3 is 0 Å². The maximum absolute atomic E-state index is 13.2. The third-order valence-electron chi connectivity index (χ3n) is 6.90. The summed E-state index contributed by atoms with van der Waals surface area (Å²) in [5.41, 5.74) is 1.95. The summed E-state index contributed by atoms with van der Waals surface area (Å²) in [7, 11) is 0. The molecular formula is C21H22N4OS. The lowest BCUT2D eigenvalue weighted by molar-refractivity contribution is -0.140. The number of amides is 1. The SMILES string of the molecule is O=C(Nc1nc2scc(-c3ccccc3)n2n1)C12CC3CC(CC(C3)C1)C2. The number of anilines is 1. The van der Waals surface area contributed by atoms with Gasteiger partial charge in [-0.2, -0.15) is 4.98 Å². The number of carbonyl (C=O) groups is 1. The van der Waals surface area contributed by atoms with Gasteiger partial charge in [-0.1, -0.05) is 30.3 Å². The van der Waals surface area contributed by atoms with E-state index in [1.165, 1.54) is 19.3 Å². The van der Waals surface area contributed by atoms with E-state index in [0.717, 1.165) is 53.2 Å². The molecule has 0 unspecified atom stereocenters. The van der Waals surface area contributed by atoms with Crippen molar-refractivity contribution in [3.63, 3.8) is 0 Å². The van der Waals surface area contributed by atoms with Crippen molar-refractivity contribution >= 4 is 28.2 Å². The third kappa shape index (κ3) is 2.46. The van der Waals surface area contributed by atoms with E-state index >= 15 is 0 Å². The topological polar surface area (TPSA) is 59.3 Å². The molecule has 27 heavy (non-hydrogen) atoms. The first-order chi connectivity index (χ1) is 13.2. The van der Waals surface area contributed by atoms with Crippen LogP contribution in [-0.4, -0.2) is 20.5 Å². The molecule has 0 spiro atoms. The molecule has 2 heterocycles. The van der Waals surface area contributed by atoms with E-state index < -0.39 is 0 Å². The van der Waals surface area contributed by atoms with Gasteiger partial charge in [0.15, 0.2) is 0 Å². The third-order valence-corrected chi connectivity index (χ3v) is 7.71. The van der Waals surface area contributed by atoms with Crippen molar-refractivity contribution in [2.45, 2.75) is 38.5 Å². The molecule has 138 valence electrons. The number of nitrogens with zero attached hydrogens (tertiary/aromatic N) is 3. The molecule has 1 amide bonds. The maximum Gasteiger partial charge on any atom is 0.250 e. The Morgan fingerprint density at radius 2 is 1.74 bits per heavy atom. The highest BCUT2D eigenvalue weighted by Gasteiger charge is 2.54. The Bertz CT molecular complexity index is 986. The summed E-state index contributed by atoms with van der Waals surface area (Å²) in [5.74, 6) is 2.86. The minimum Gasteiger partial charge on any atom is -0.293 e. The van der Waals surface area contributed by atoms with Crippen molar-refractivity contribution in [1.29, 1.82) is 0 Å². The van der Waals surface area contributed by atoms with E-state index in [-0.39, 0.29) is 11.3 Å². The fourth-order valence-corrected chi connectivity index (χ4v) is 7.00. The number of carbonyl (C=O) groups excluding carboxylic acids is 1. The van der Waals surface area contributed by atoms with Gasteiger partial charge in [0.05, 0.1) is 11.1 Å². The largest absolute Gasteiger partial charge is 0.293 e. The van der Waals surface area contributed by atoms with Crippen LogP contribution >= 0.6 is 11.3 Å². The van der Waals surface area contributed by atoms with E-state index in [4.69, 9.17) is 0 Å². The molecule has 6 heteroatoms. The number of nitrogens with one attached hydrogen (secondary N) is 1. The predicted octanol–water partition coefficient (Wildman–Crippen LogP) is 4.61. The molecule has 4 saturated carbocycles. The second-order valence-electron chi connectivity index (χ2n) is 8.77. The van der Waals surface area contributed by atoms with E-state index in [1.807, 2.05) is 22.7 Å². The molecule has 0 radical (unpaired) electrons. The molecule has 4 fully saturated rings. The van der Waals surface area contributed by atoms with E-state index in [9.17, 15) is 4.79 Å². The zero-order chi connectivity index (χ0) is 18.0. The van der Waals surface area contributed by atoms with Gasteiger partial charge in [0, 0.05) is 10.9 Å². The summed E-state index contributed by atoms with van der Waals surface area (Å²) in [5, 5.41) is 9.74. The van der Waals surface area contributed by atoms with Crippen molar-refractivity contribution in [1.82, 2.24) is 14.6 Å². The minimum absolute atomic E-state index is 0.154. The van der Waals surface area contributed by atoms with Crippen molar-refractivity contribution in [2.75, 3.05) is 5.32 Å². The Hall–Kier alpha value is -2.21. The lowest BCUT2D eigenvalue weighted by Gasteiger charge is -2.55. The highest BCUT2D eigenvalue weighted by Crippen LogP contribution is 2.60. The minimum atomic E-state index is -0.171. The van der Waals surface area contributed by atoms with Crippen molar-refractivity contribution in [2.24, 2.45) is 23.2 Å². The molecule has 4 aliphatic rings. The van der Waals surface area contributed by atoms with Crippen LogP contribution in [0, 0.1) is 23.2 Å². The molecule has 1 N–H and O–H groups in total. The van der Waals surface area contributed by atoms with Crippen LogP contribution in [0.25, 0.3) is 16.2 Å². The smallest absolute Gasteiger partial charge is 0.250 e. The first-order valence-electron chi connectivity index (χ1n) is 9.90. The number of hydrogen-bond acceptors (Lipinski definition) is 4. The van der Waals surface area contributed by atoms with Crippen LogP contribution in [0.2, 0.25) is 0 Å². The monoisotopic (exact) mass is 378 g/mol. The van der Waals surface area contributed by atoms with Crippen LogP contribution in [0.15, 0.2) is 35.7 Å². The van der Waals surface area contributed by atoms with Crippen molar-refractivity contribution < 1.29 is 4.79 Å². The van der Waals surface area contributed by atoms with Crippen LogP contribution in [0.3, 0.4) is 0 Å². The lowest BCUT2D eigenvalue weighted by Crippen LogP contribution is -2.51. The second kappa shape index (κ2) is 5.64. The van der Waals surface area contributed by atoms with E-state index in [0.29, 0.717) is 5.95 Å². The number of rotatable bonds is 3. The standard InChI is InChI=1S/C21H22N4OS/c26-18(21-9-13-6-14(10-21)8-15(7-13)11-21)22-19-23-20-25(24-19)17(12-27-20)16-4-2-1-3-5-16/h1-5,12-15H,6-11H2,(H,22,24,26). The molecule has 4 aliphatic carbocycles. The zero-order valence-electron chi connectivity index (χ0n) is 15.1. The summed E-state index contributed by atoms with van der Waals surface area (Å²) in [6.07, 6.45) is 7.19. The molecule has 3 aromatic rings. The molecule has 1 aromatic carbocycles. The van der Waals surface area contributed by atoms with Gasteiger partial charge in [-0.15, -0.1) is 16.4 Å². The Balaban J connectivity index is 1.29.